The predicted molar refractivity (Wildman–Crippen MR) is 50.3 cm³/mol. The molecule has 1 heterocycles. The summed E-state index contributed by atoms with van der Waals surface area (Å²) in [5.41, 5.74) is 0. The van der Waals surface area contributed by atoms with E-state index in [0.29, 0.717) is 5.75 Å². The van der Waals surface area contributed by atoms with Crippen LogP contribution in [0.3, 0.4) is 0 Å². The van der Waals surface area contributed by atoms with E-state index in [4.69, 9.17) is 4.43 Å². The molecule has 11 heavy (non-hydrogen) atoms. The molecule has 0 aromatic heterocycles. The van der Waals surface area contributed by atoms with Gasteiger partial charge in [-0.25, -0.2) is 0 Å². The Morgan fingerprint density at radius 1 is 1.55 bits per heavy atom. The minimum absolute atomic E-state index is 0.00799. The Hall–Kier alpha value is 0.0369. The van der Waals surface area contributed by atoms with Crippen LogP contribution in [0.1, 0.15) is 6.42 Å². The summed E-state index contributed by atoms with van der Waals surface area (Å²) in [6.45, 7) is 4.22. The summed E-state index contributed by atoms with van der Waals surface area (Å²) >= 11 is 1.69. The Morgan fingerprint density at radius 3 is 3.00 bits per heavy atom. The zero-order valence-electron chi connectivity index (χ0n) is 7.05. The Balaban J connectivity index is 2.49. The molecule has 64 valence electrons. The van der Waals surface area contributed by atoms with Crippen molar-refractivity contribution in [2.45, 2.75) is 25.6 Å². The highest BCUT2D eigenvalue weighted by Crippen LogP contribution is 2.20. The molecule has 0 N–H and O–H groups in total. The summed E-state index contributed by atoms with van der Waals surface area (Å²) in [6.07, 6.45) is 1.21. The Morgan fingerprint density at radius 2 is 2.27 bits per heavy atom. The van der Waals surface area contributed by atoms with Crippen LogP contribution in [0.25, 0.3) is 0 Å². The highest BCUT2D eigenvalue weighted by atomic mass is 32.2. The molecular formula is C7H14O2SSi. The lowest BCUT2D eigenvalue weighted by Gasteiger charge is -2.24. The van der Waals surface area contributed by atoms with Crippen LogP contribution in [-0.4, -0.2) is 25.8 Å². The zero-order chi connectivity index (χ0) is 8.32. The SMILES string of the molecule is C[Si]1(C)CCCSCC(=O)O1. The molecule has 0 amide bonds. The van der Waals surface area contributed by atoms with Gasteiger partial charge in [-0.05, 0) is 31.3 Å². The quantitative estimate of drug-likeness (QED) is 0.546. The van der Waals surface area contributed by atoms with E-state index >= 15 is 0 Å². The van der Waals surface area contributed by atoms with E-state index in [2.05, 4.69) is 13.1 Å². The molecule has 0 aliphatic carbocycles. The van der Waals surface area contributed by atoms with E-state index in [0.717, 1.165) is 11.8 Å². The topological polar surface area (TPSA) is 26.3 Å². The zero-order valence-corrected chi connectivity index (χ0v) is 8.87. The average Bonchev–Trinajstić information content (AvgIpc) is 1.82. The number of hydrogen-bond donors (Lipinski definition) is 0. The van der Waals surface area contributed by atoms with Crippen LogP contribution >= 0.6 is 11.8 Å². The van der Waals surface area contributed by atoms with E-state index in [1.54, 1.807) is 11.8 Å². The van der Waals surface area contributed by atoms with Crippen LogP contribution < -0.4 is 0 Å². The lowest BCUT2D eigenvalue weighted by molar-refractivity contribution is -0.132. The summed E-state index contributed by atoms with van der Waals surface area (Å²) in [5, 5.41) is 0. The molecule has 0 unspecified atom stereocenters. The maximum atomic E-state index is 11.0. The van der Waals surface area contributed by atoms with E-state index in [1.165, 1.54) is 6.42 Å². The molecule has 1 rings (SSSR count). The van der Waals surface area contributed by atoms with Crippen molar-refractivity contribution in [3.8, 4) is 0 Å². The monoisotopic (exact) mass is 190 g/mol. The summed E-state index contributed by atoms with van der Waals surface area (Å²) in [5.74, 6) is 1.66. The van der Waals surface area contributed by atoms with Crippen molar-refractivity contribution in [2.75, 3.05) is 11.5 Å². The van der Waals surface area contributed by atoms with Crippen LogP contribution in [0.15, 0.2) is 0 Å². The van der Waals surface area contributed by atoms with Crippen LogP contribution in [0.2, 0.25) is 19.1 Å². The molecule has 0 atom stereocenters. The number of rotatable bonds is 0. The van der Waals surface area contributed by atoms with Gasteiger partial charge in [-0.15, -0.1) is 0 Å². The second-order valence-electron chi connectivity index (χ2n) is 3.39. The molecule has 0 saturated carbocycles. The first kappa shape index (κ1) is 9.13. The summed E-state index contributed by atoms with van der Waals surface area (Å²) in [7, 11) is -1.60. The van der Waals surface area contributed by atoms with Gasteiger partial charge in [-0.1, -0.05) is 0 Å². The van der Waals surface area contributed by atoms with Gasteiger partial charge in [0.2, 0.25) is 8.32 Å². The summed E-state index contributed by atoms with van der Waals surface area (Å²) in [6, 6.07) is 1.12. The van der Waals surface area contributed by atoms with Crippen molar-refractivity contribution >= 4 is 26.0 Å². The molecule has 1 fully saturated rings. The number of hydrogen-bond acceptors (Lipinski definition) is 3. The molecule has 0 aromatic rings. The van der Waals surface area contributed by atoms with Gasteiger partial charge >= 0.3 is 5.97 Å². The molecule has 0 aromatic carbocycles. The highest BCUT2D eigenvalue weighted by molar-refractivity contribution is 7.99. The molecule has 1 saturated heterocycles. The van der Waals surface area contributed by atoms with E-state index in [9.17, 15) is 4.79 Å². The molecular weight excluding hydrogens is 176 g/mol. The summed E-state index contributed by atoms with van der Waals surface area (Å²) in [4.78, 5) is 11.0. The lowest BCUT2D eigenvalue weighted by Crippen LogP contribution is -2.35. The first-order chi connectivity index (χ1) is 5.10. The average molecular weight is 190 g/mol. The third-order valence-corrected chi connectivity index (χ3v) is 5.03. The van der Waals surface area contributed by atoms with E-state index in [-0.39, 0.29) is 5.97 Å². The predicted octanol–water partition coefficient (Wildman–Crippen LogP) is 1.87. The Bertz CT molecular complexity index is 159. The van der Waals surface area contributed by atoms with E-state index < -0.39 is 8.32 Å². The third kappa shape index (κ3) is 3.29. The van der Waals surface area contributed by atoms with Crippen molar-refractivity contribution in [1.29, 1.82) is 0 Å². The van der Waals surface area contributed by atoms with Gasteiger partial charge in [-0.2, -0.15) is 11.8 Å². The van der Waals surface area contributed by atoms with Gasteiger partial charge < -0.3 is 4.43 Å². The minimum atomic E-state index is -1.60. The van der Waals surface area contributed by atoms with Crippen LogP contribution in [0.4, 0.5) is 0 Å². The lowest BCUT2D eigenvalue weighted by atomic mass is 10.6. The molecule has 4 heteroatoms. The van der Waals surface area contributed by atoms with Crippen molar-refractivity contribution in [3.63, 3.8) is 0 Å². The molecule has 0 bridgehead atoms. The highest BCUT2D eigenvalue weighted by Gasteiger charge is 2.27. The largest absolute Gasteiger partial charge is 0.519 e. The fourth-order valence-corrected chi connectivity index (χ4v) is 4.04. The maximum Gasteiger partial charge on any atom is 0.302 e. The maximum absolute atomic E-state index is 11.0. The van der Waals surface area contributed by atoms with Crippen LogP contribution in [-0.2, 0) is 9.22 Å². The van der Waals surface area contributed by atoms with Crippen LogP contribution in [0, 0.1) is 0 Å². The number of carbonyl (C=O) groups is 1. The van der Waals surface area contributed by atoms with Crippen molar-refractivity contribution in [3.05, 3.63) is 0 Å². The molecule has 0 radical (unpaired) electrons. The molecule has 1 aliphatic rings. The van der Waals surface area contributed by atoms with Gasteiger partial charge in [0.05, 0.1) is 5.75 Å². The summed E-state index contributed by atoms with van der Waals surface area (Å²) < 4.78 is 5.36. The van der Waals surface area contributed by atoms with Gasteiger partial charge in [0, 0.05) is 0 Å². The van der Waals surface area contributed by atoms with Gasteiger partial charge in [0.15, 0.2) is 0 Å². The second-order valence-corrected chi connectivity index (χ2v) is 8.72. The molecule has 0 spiro atoms. The first-order valence-electron chi connectivity index (χ1n) is 3.90. The van der Waals surface area contributed by atoms with E-state index in [1.807, 2.05) is 0 Å². The van der Waals surface area contributed by atoms with Crippen molar-refractivity contribution < 1.29 is 9.22 Å². The van der Waals surface area contributed by atoms with Crippen molar-refractivity contribution in [1.82, 2.24) is 0 Å². The van der Waals surface area contributed by atoms with Gasteiger partial charge in [-0.3, -0.25) is 4.79 Å². The number of carbonyl (C=O) groups excluding carboxylic acids is 1. The van der Waals surface area contributed by atoms with Crippen LogP contribution in [0.5, 0.6) is 0 Å². The first-order valence-corrected chi connectivity index (χ1v) is 8.17. The molecule has 2 nitrogen and oxygen atoms in total. The number of thioether (sulfide) groups is 1. The normalized spacial score (nSPS) is 25.1. The fourth-order valence-electron chi connectivity index (χ4n) is 1.14. The Kier molecular flexibility index (Phi) is 3.01. The minimum Gasteiger partial charge on any atom is -0.519 e. The van der Waals surface area contributed by atoms with Gasteiger partial charge in [0.1, 0.15) is 0 Å². The van der Waals surface area contributed by atoms with Gasteiger partial charge in [0.25, 0.3) is 0 Å². The Labute approximate surface area is 72.8 Å². The standard InChI is InChI=1S/C7H14O2SSi/c1-11(2)5-3-4-10-6-7(8)9-11/h3-6H2,1-2H3. The molecule has 1 aliphatic heterocycles. The fraction of sp³-hybridized carbons (Fsp3) is 0.857. The van der Waals surface area contributed by atoms with Crippen molar-refractivity contribution in [2.24, 2.45) is 0 Å². The third-order valence-electron chi connectivity index (χ3n) is 1.68. The smallest absolute Gasteiger partial charge is 0.302 e. The second kappa shape index (κ2) is 3.63.